The van der Waals surface area contributed by atoms with Gasteiger partial charge in [-0.25, -0.2) is 9.07 Å². The van der Waals surface area contributed by atoms with Gasteiger partial charge in [0.2, 0.25) is 0 Å². The van der Waals surface area contributed by atoms with Gasteiger partial charge in [-0.3, -0.25) is 4.79 Å². The molecule has 150 valence electrons. The SMILES string of the molecule is O=C(c1nn(-c2ccc(F)cc2)c2c1CCC2)N1CCc2[nH]c3ccccc3c2C1. The van der Waals surface area contributed by atoms with Crippen molar-refractivity contribution < 1.29 is 9.18 Å². The first kappa shape index (κ1) is 17.4. The number of amides is 1. The van der Waals surface area contributed by atoms with Crippen LogP contribution in [-0.2, 0) is 25.8 Å². The van der Waals surface area contributed by atoms with Crippen molar-refractivity contribution in [3.05, 3.63) is 82.6 Å². The van der Waals surface area contributed by atoms with E-state index in [9.17, 15) is 9.18 Å². The van der Waals surface area contributed by atoms with Crippen LogP contribution in [0.4, 0.5) is 4.39 Å². The van der Waals surface area contributed by atoms with Gasteiger partial charge < -0.3 is 9.88 Å². The van der Waals surface area contributed by atoms with Gasteiger partial charge >= 0.3 is 0 Å². The second kappa shape index (κ2) is 6.55. The first-order chi connectivity index (χ1) is 14.7. The third kappa shape index (κ3) is 2.60. The highest BCUT2D eigenvalue weighted by Gasteiger charge is 2.31. The Bertz CT molecular complexity index is 1280. The van der Waals surface area contributed by atoms with Gasteiger partial charge in [0.05, 0.1) is 5.69 Å². The summed E-state index contributed by atoms with van der Waals surface area (Å²) in [4.78, 5) is 18.9. The molecule has 0 atom stereocenters. The molecule has 4 aromatic rings. The topological polar surface area (TPSA) is 53.9 Å². The highest BCUT2D eigenvalue weighted by molar-refractivity contribution is 5.95. The van der Waals surface area contributed by atoms with Gasteiger partial charge in [0.25, 0.3) is 5.91 Å². The number of hydrogen-bond donors (Lipinski definition) is 1. The summed E-state index contributed by atoms with van der Waals surface area (Å²) in [6.45, 7) is 1.27. The van der Waals surface area contributed by atoms with Gasteiger partial charge in [-0.05, 0) is 49.6 Å². The van der Waals surface area contributed by atoms with E-state index in [1.165, 1.54) is 28.8 Å². The molecule has 5 nitrogen and oxygen atoms in total. The zero-order valence-corrected chi connectivity index (χ0v) is 16.5. The molecule has 3 heterocycles. The first-order valence-corrected chi connectivity index (χ1v) is 10.4. The zero-order valence-electron chi connectivity index (χ0n) is 16.5. The molecule has 0 saturated heterocycles. The van der Waals surface area contributed by atoms with Gasteiger partial charge in [0.15, 0.2) is 5.69 Å². The summed E-state index contributed by atoms with van der Waals surface area (Å²) in [6.07, 6.45) is 3.58. The number of benzene rings is 2. The molecule has 6 rings (SSSR count). The van der Waals surface area contributed by atoms with E-state index < -0.39 is 0 Å². The molecule has 2 aromatic carbocycles. The Morgan fingerprint density at radius 2 is 1.83 bits per heavy atom. The monoisotopic (exact) mass is 400 g/mol. The van der Waals surface area contributed by atoms with Crippen molar-refractivity contribution in [2.24, 2.45) is 0 Å². The Balaban J connectivity index is 1.37. The molecule has 30 heavy (non-hydrogen) atoms. The molecule has 2 aliphatic rings. The largest absolute Gasteiger partial charge is 0.358 e. The third-order valence-electron chi connectivity index (χ3n) is 6.37. The molecule has 0 bridgehead atoms. The maximum Gasteiger partial charge on any atom is 0.274 e. The van der Waals surface area contributed by atoms with Crippen LogP contribution in [0.1, 0.15) is 39.4 Å². The predicted octanol–water partition coefficient (Wildman–Crippen LogP) is 4.18. The number of aromatic nitrogens is 3. The maximum absolute atomic E-state index is 13.5. The van der Waals surface area contributed by atoms with Gasteiger partial charge in [-0.1, -0.05) is 18.2 Å². The molecule has 1 N–H and O–H groups in total. The molecular weight excluding hydrogens is 379 g/mol. The van der Waals surface area contributed by atoms with E-state index in [0.717, 1.165) is 48.1 Å². The number of nitrogens with one attached hydrogen (secondary N) is 1. The van der Waals surface area contributed by atoms with Crippen molar-refractivity contribution in [3.8, 4) is 5.69 Å². The van der Waals surface area contributed by atoms with Crippen LogP contribution in [0.25, 0.3) is 16.6 Å². The number of nitrogens with zero attached hydrogens (tertiary/aromatic N) is 3. The molecule has 1 aliphatic heterocycles. The molecule has 0 spiro atoms. The van der Waals surface area contributed by atoms with Gasteiger partial charge in [0, 0.05) is 52.9 Å². The van der Waals surface area contributed by atoms with Crippen molar-refractivity contribution in [3.63, 3.8) is 0 Å². The lowest BCUT2D eigenvalue weighted by Gasteiger charge is -2.27. The molecule has 0 fully saturated rings. The number of rotatable bonds is 2. The lowest BCUT2D eigenvalue weighted by molar-refractivity contribution is 0.0727. The smallest absolute Gasteiger partial charge is 0.274 e. The van der Waals surface area contributed by atoms with Crippen LogP contribution in [0.2, 0.25) is 0 Å². The number of carbonyl (C=O) groups is 1. The molecule has 1 aliphatic carbocycles. The van der Waals surface area contributed by atoms with Crippen LogP contribution in [0.5, 0.6) is 0 Å². The van der Waals surface area contributed by atoms with E-state index in [-0.39, 0.29) is 11.7 Å². The van der Waals surface area contributed by atoms with Gasteiger partial charge in [0.1, 0.15) is 5.82 Å². The van der Waals surface area contributed by atoms with Gasteiger partial charge in [-0.15, -0.1) is 0 Å². The Morgan fingerprint density at radius 3 is 2.70 bits per heavy atom. The van der Waals surface area contributed by atoms with Crippen molar-refractivity contribution >= 4 is 16.8 Å². The van der Waals surface area contributed by atoms with E-state index in [0.29, 0.717) is 18.8 Å². The van der Waals surface area contributed by atoms with Crippen molar-refractivity contribution in [1.29, 1.82) is 0 Å². The molecular formula is C24H21FN4O. The number of hydrogen-bond acceptors (Lipinski definition) is 2. The third-order valence-corrected chi connectivity index (χ3v) is 6.37. The summed E-state index contributed by atoms with van der Waals surface area (Å²) >= 11 is 0. The summed E-state index contributed by atoms with van der Waals surface area (Å²) in [5, 5.41) is 5.90. The fraction of sp³-hybridized carbons (Fsp3) is 0.250. The molecule has 1 amide bonds. The standard InChI is InChI=1S/C24H21FN4O/c25-15-8-10-16(11-9-15)29-22-7-3-5-18(22)23(27-29)24(30)28-13-12-21-19(14-28)17-4-1-2-6-20(17)26-21/h1-2,4,6,8-11,26H,3,5,7,12-14H2. The summed E-state index contributed by atoms with van der Waals surface area (Å²) < 4.78 is 15.2. The minimum atomic E-state index is -0.276. The average molecular weight is 400 g/mol. The van der Waals surface area contributed by atoms with Crippen LogP contribution in [0, 0.1) is 5.82 Å². The Morgan fingerprint density at radius 1 is 1.00 bits per heavy atom. The molecule has 0 unspecified atom stereocenters. The maximum atomic E-state index is 13.5. The predicted molar refractivity (Wildman–Crippen MR) is 112 cm³/mol. The van der Waals surface area contributed by atoms with Gasteiger partial charge in [-0.2, -0.15) is 5.10 Å². The number of aromatic amines is 1. The molecule has 6 heteroatoms. The van der Waals surface area contributed by atoms with E-state index in [4.69, 9.17) is 5.10 Å². The minimum Gasteiger partial charge on any atom is -0.358 e. The van der Waals surface area contributed by atoms with E-state index >= 15 is 0 Å². The van der Waals surface area contributed by atoms with E-state index in [1.54, 1.807) is 12.1 Å². The quantitative estimate of drug-likeness (QED) is 0.549. The highest BCUT2D eigenvalue weighted by atomic mass is 19.1. The fourth-order valence-electron chi connectivity index (χ4n) is 4.89. The van der Waals surface area contributed by atoms with Crippen molar-refractivity contribution in [1.82, 2.24) is 19.7 Å². The minimum absolute atomic E-state index is 0.00931. The number of para-hydroxylation sites is 1. The Kier molecular flexibility index (Phi) is 3.81. The number of H-pyrrole nitrogens is 1. The lowest BCUT2D eigenvalue weighted by atomic mass is 10.0. The summed E-state index contributed by atoms with van der Waals surface area (Å²) in [5.41, 5.74) is 7.03. The summed E-state index contributed by atoms with van der Waals surface area (Å²) in [5.74, 6) is -0.286. The first-order valence-electron chi connectivity index (χ1n) is 10.4. The summed E-state index contributed by atoms with van der Waals surface area (Å²) in [6, 6.07) is 14.6. The Hall–Kier alpha value is -3.41. The van der Waals surface area contributed by atoms with Crippen LogP contribution in [0.15, 0.2) is 48.5 Å². The number of halogens is 1. The van der Waals surface area contributed by atoms with Crippen molar-refractivity contribution in [2.75, 3.05) is 6.54 Å². The Labute approximate surface area is 173 Å². The van der Waals surface area contributed by atoms with Crippen LogP contribution in [-0.4, -0.2) is 32.1 Å². The van der Waals surface area contributed by atoms with Crippen LogP contribution >= 0.6 is 0 Å². The van der Waals surface area contributed by atoms with E-state index in [2.05, 4.69) is 17.1 Å². The molecule has 0 radical (unpaired) electrons. The van der Waals surface area contributed by atoms with Crippen LogP contribution in [0.3, 0.4) is 0 Å². The molecule has 2 aromatic heterocycles. The second-order valence-electron chi connectivity index (χ2n) is 8.12. The zero-order chi connectivity index (χ0) is 20.2. The average Bonchev–Trinajstić information content (AvgIpc) is 3.47. The van der Waals surface area contributed by atoms with E-state index in [1.807, 2.05) is 21.7 Å². The second-order valence-corrected chi connectivity index (χ2v) is 8.12. The van der Waals surface area contributed by atoms with Crippen LogP contribution < -0.4 is 0 Å². The summed E-state index contributed by atoms with van der Waals surface area (Å²) in [7, 11) is 0. The number of carbonyl (C=O) groups excluding carboxylic acids is 1. The number of fused-ring (bicyclic) bond motifs is 4. The normalized spacial score (nSPS) is 15.4. The molecule has 0 saturated carbocycles. The van der Waals surface area contributed by atoms with Crippen molar-refractivity contribution in [2.45, 2.75) is 32.2 Å². The highest BCUT2D eigenvalue weighted by Crippen LogP contribution is 2.31. The fourth-order valence-corrected chi connectivity index (χ4v) is 4.89. The lowest BCUT2D eigenvalue weighted by Crippen LogP contribution is -2.36.